The number of carbonyl (C=O) groups is 1. The number of aryl methyl sites for hydroxylation is 1. The summed E-state index contributed by atoms with van der Waals surface area (Å²) in [5, 5.41) is 8.94. The quantitative estimate of drug-likeness (QED) is 0.853. The van der Waals surface area contributed by atoms with Crippen molar-refractivity contribution in [1.82, 2.24) is 9.97 Å². The van der Waals surface area contributed by atoms with E-state index in [4.69, 9.17) is 5.26 Å². The lowest BCUT2D eigenvalue weighted by molar-refractivity contribution is -0.117. The molecule has 6 nitrogen and oxygen atoms in total. The van der Waals surface area contributed by atoms with Crippen molar-refractivity contribution in [3.63, 3.8) is 0 Å². The second kappa shape index (κ2) is 6.41. The Morgan fingerprint density at radius 2 is 1.92 bits per heavy atom. The van der Waals surface area contributed by atoms with Gasteiger partial charge in [-0.3, -0.25) is 4.79 Å². The third-order valence-corrected chi connectivity index (χ3v) is 5.45. The van der Waals surface area contributed by atoms with Crippen molar-refractivity contribution in [2.24, 2.45) is 5.41 Å². The van der Waals surface area contributed by atoms with E-state index >= 15 is 0 Å². The van der Waals surface area contributed by atoms with Gasteiger partial charge in [0.05, 0.1) is 11.6 Å². The molecule has 1 amide bonds. The van der Waals surface area contributed by atoms with Crippen LogP contribution >= 0.6 is 0 Å². The van der Waals surface area contributed by atoms with Gasteiger partial charge in [-0.1, -0.05) is 6.92 Å². The van der Waals surface area contributed by atoms with E-state index in [-0.39, 0.29) is 11.3 Å². The van der Waals surface area contributed by atoms with Crippen molar-refractivity contribution in [3.05, 3.63) is 47.8 Å². The molecule has 0 unspecified atom stereocenters. The third kappa shape index (κ3) is 2.90. The first-order valence-electron chi connectivity index (χ1n) is 8.99. The van der Waals surface area contributed by atoms with Crippen LogP contribution in [0.25, 0.3) is 0 Å². The molecule has 2 saturated heterocycles. The van der Waals surface area contributed by atoms with Crippen molar-refractivity contribution in [2.45, 2.75) is 26.2 Å². The van der Waals surface area contributed by atoms with Gasteiger partial charge in [0.1, 0.15) is 0 Å². The monoisotopic (exact) mass is 347 g/mol. The lowest BCUT2D eigenvalue weighted by Crippen LogP contribution is -2.31. The van der Waals surface area contributed by atoms with Gasteiger partial charge in [-0.15, -0.1) is 0 Å². The smallest absolute Gasteiger partial charge is 0.227 e. The van der Waals surface area contributed by atoms with Crippen molar-refractivity contribution in [3.8, 4) is 6.07 Å². The summed E-state index contributed by atoms with van der Waals surface area (Å²) in [7, 11) is 0. The molecule has 0 saturated carbocycles. The molecule has 1 atom stereocenters. The molecular weight excluding hydrogens is 326 g/mol. The standard InChI is InChI=1S/C20H21N5O/c1-2-15-11-22-19(23-12-15)24-8-7-20(13-24)9-18(26)25(14-20)17-5-3-16(10-21)4-6-17/h3-6,11-12H,2,7-9,13-14H2,1H3/t20-/m1/s1. The summed E-state index contributed by atoms with van der Waals surface area (Å²) >= 11 is 0. The van der Waals surface area contributed by atoms with Gasteiger partial charge in [-0.25, -0.2) is 9.97 Å². The van der Waals surface area contributed by atoms with Crippen LogP contribution in [0, 0.1) is 16.7 Å². The van der Waals surface area contributed by atoms with Gasteiger partial charge in [0, 0.05) is 49.6 Å². The van der Waals surface area contributed by atoms with Gasteiger partial charge in [0.15, 0.2) is 0 Å². The van der Waals surface area contributed by atoms with Crippen molar-refractivity contribution >= 4 is 17.5 Å². The molecule has 1 aromatic carbocycles. The average Bonchev–Trinajstić information content (AvgIpc) is 3.25. The normalized spacial score (nSPS) is 22.2. The van der Waals surface area contributed by atoms with Crippen LogP contribution in [-0.4, -0.2) is 35.5 Å². The topological polar surface area (TPSA) is 73.1 Å². The second-order valence-corrected chi connectivity index (χ2v) is 7.23. The van der Waals surface area contributed by atoms with E-state index in [1.54, 1.807) is 12.1 Å². The molecule has 0 radical (unpaired) electrons. The van der Waals surface area contributed by atoms with Crippen LogP contribution in [-0.2, 0) is 11.2 Å². The highest BCUT2D eigenvalue weighted by molar-refractivity contribution is 5.96. The highest BCUT2D eigenvalue weighted by atomic mass is 16.2. The van der Waals surface area contributed by atoms with E-state index < -0.39 is 0 Å². The number of nitriles is 1. The summed E-state index contributed by atoms with van der Waals surface area (Å²) in [5.74, 6) is 0.905. The molecule has 1 aromatic heterocycles. The van der Waals surface area contributed by atoms with E-state index in [1.165, 1.54) is 0 Å². The zero-order valence-electron chi connectivity index (χ0n) is 14.9. The molecule has 6 heteroatoms. The summed E-state index contributed by atoms with van der Waals surface area (Å²) in [4.78, 5) is 25.6. The molecule has 1 spiro atoms. The number of carbonyl (C=O) groups excluding carboxylic acids is 1. The number of nitrogens with zero attached hydrogens (tertiary/aromatic N) is 5. The van der Waals surface area contributed by atoms with E-state index in [2.05, 4.69) is 27.9 Å². The fourth-order valence-corrected chi connectivity index (χ4v) is 3.92. The summed E-state index contributed by atoms with van der Waals surface area (Å²) < 4.78 is 0. The van der Waals surface area contributed by atoms with Gasteiger partial charge in [-0.2, -0.15) is 5.26 Å². The van der Waals surface area contributed by atoms with Gasteiger partial charge in [-0.05, 0) is 42.7 Å². The number of hydrogen-bond donors (Lipinski definition) is 0. The van der Waals surface area contributed by atoms with Crippen molar-refractivity contribution < 1.29 is 4.79 Å². The van der Waals surface area contributed by atoms with E-state index in [0.717, 1.165) is 43.1 Å². The lowest BCUT2D eigenvalue weighted by atomic mass is 9.86. The van der Waals surface area contributed by atoms with Crippen LogP contribution in [0.5, 0.6) is 0 Å². The van der Waals surface area contributed by atoms with E-state index in [9.17, 15) is 4.79 Å². The first kappa shape index (κ1) is 16.5. The van der Waals surface area contributed by atoms with Gasteiger partial charge in [0.25, 0.3) is 0 Å². The number of aromatic nitrogens is 2. The molecule has 2 aliphatic heterocycles. The zero-order chi connectivity index (χ0) is 18.1. The Hall–Kier alpha value is -2.94. The number of benzene rings is 1. The van der Waals surface area contributed by atoms with Crippen LogP contribution in [0.4, 0.5) is 11.6 Å². The van der Waals surface area contributed by atoms with Crippen molar-refractivity contribution in [1.29, 1.82) is 5.26 Å². The molecule has 2 aliphatic rings. The Labute approximate surface area is 153 Å². The zero-order valence-corrected chi connectivity index (χ0v) is 14.9. The highest BCUT2D eigenvalue weighted by Crippen LogP contribution is 2.42. The molecule has 2 fully saturated rings. The maximum atomic E-state index is 12.6. The Bertz CT molecular complexity index is 855. The average molecular weight is 347 g/mol. The van der Waals surface area contributed by atoms with Crippen LogP contribution in [0.1, 0.15) is 30.9 Å². The Kier molecular flexibility index (Phi) is 4.08. The fourth-order valence-electron chi connectivity index (χ4n) is 3.92. The fraction of sp³-hybridized carbons (Fsp3) is 0.400. The van der Waals surface area contributed by atoms with Gasteiger partial charge < -0.3 is 9.80 Å². The minimum Gasteiger partial charge on any atom is -0.340 e. The van der Waals surface area contributed by atoms with Crippen LogP contribution in [0.15, 0.2) is 36.7 Å². The predicted molar refractivity (Wildman–Crippen MR) is 98.8 cm³/mol. The third-order valence-electron chi connectivity index (χ3n) is 5.45. The molecule has 132 valence electrons. The molecule has 0 bridgehead atoms. The number of anilines is 2. The van der Waals surface area contributed by atoms with E-state index in [1.807, 2.05) is 29.4 Å². The minimum atomic E-state index is -0.0439. The molecule has 4 rings (SSSR count). The largest absolute Gasteiger partial charge is 0.340 e. The number of rotatable bonds is 3. The van der Waals surface area contributed by atoms with E-state index in [0.29, 0.717) is 18.5 Å². The lowest BCUT2D eigenvalue weighted by Gasteiger charge is -2.24. The SMILES string of the molecule is CCc1cnc(N2CC[C@@]3(CC(=O)N(c4ccc(C#N)cc4)C3)C2)nc1. The first-order valence-corrected chi connectivity index (χ1v) is 8.99. The van der Waals surface area contributed by atoms with Crippen LogP contribution < -0.4 is 9.80 Å². The molecule has 26 heavy (non-hydrogen) atoms. The van der Waals surface area contributed by atoms with Gasteiger partial charge >= 0.3 is 0 Å². The number of amides is 1. The summed E-state index contributed by atoms with van der Waals surface area (Å²) in [6.45, 7) is 4.48. The molecule has 2 aromatic rings. The predicted octanol–water partition coefficient (Wildman–Crippen LogP) is 2.54. The maximum absolute atomic E-state index is 12.6. The van der Waals surface area contributed by atoms with Gasteiger partial charge in [0.2, 0.25) is 11.9 Å². The summed E-state index contributed by atoms with van der Waals surface area (Å²) in [6, 6.07) is 9.35. The number of hydrogen-bond acceptors (Lipinski definition) is 5. The summed E-state index contributed by atoms with van der Waals surface area (Å²) in [6.07, 6.45) is 6.21. The second-order valence-electron chi connectivity index (χ2n) is 7.23. The first-order chi connectivity index (χ1) is 12.6. The molecule has 0 N–H and O–H groups in total. The Morgan fingerprint density at radius 1 is 1.19 bits per heavy atom. The minimum absolute atomic E-state index is 0.0439. The Balaban J connectivity index is 1.49. The molecule has 0 aliphatic carbocycles. The summed E-state index contributed by atoms with van der Waals surface area (Å²) in [5.41, 5.74) is 2.56. The molecular formula is C20H21N5O. The van der Waals surface area contributed by atoms with Crippen LogP contribution in [0.3, 0.4) is 0 Å². The van der Waals surface area contributed by atoms with Crippen LogP contribution in [0.2, 0.25) is 0 Å². The molecule has 3 heterocycles. The Morgan fingerprint density at radius 3 is 2.58 bits per heavy atom. The maximum Gasteiger partial charge on any atom is 0.227 e. The van der Waals surface area contributed by atoms with Crippen molar-refractivity contribution in [2.75, 3.05) is 29.4 Å². The highest BCUT2D eigenvalue weighted by Gasteiger charge is 2.48.